The molecule has 0 bridgehead atoms. The summed E-state index contributed by atoms with van der Waals surface area (Å²) < 4.78 is 29.5. The Balaban J connectivity index is 1.79. The number of nitrogens with one attached hydrogen (secondary N) is 2. The van der Waals surface area contributed by atoms with Crippen LogP contribution in [-0.4, -0.2) is 31.7 Å². The van der Waals surface area contributed by atoms with Gasteiger partial charge >= 0.3 is 0 Å². The van der Waals surface area contributed by atoms with E-state index in [1.165, 1.54) is 19.9 Å². The maximum atomic E-state index is 15.4. The van der Waals surface area contributed by atoms with Crippen molar-refractivity contribution < 1.29 is 23.8 Å². The molecule has 0 aliphatic carbocycles. The van der Waals surface area contributed by atoms with Crippen molar-refractivity contribution in [3.05, 3.63) is 94.4 Å². The highest BCUT2D eigenvalue weighted by Crippen LogP contribution is 2.34. The second-order valence-corrected chi connectivity index (χ2v) is 8.70. The topological polar surface area (TPSA) is 98.2 Å². The number of H-pyrrole nitrogens is 1. The van der Waals surface area contributed by atoms with Crippen molar-refractivity contribution in [2.24, 2.45) is 0 Å². The van der Waals surface area contributed by atoms with Gasteiger partial charge in [-0.25, -0.2) is 13.8 Å². The van der Waals surface area contributed by atoms with E-state index in [4.69, 9.17) is 0 Å². The second-order valence-electron chi connectivity index (χ2n) is 8.70. The Hall–Kier alpha value is -4.22. The number of benzene rings is 2. The number of aryl methyl sites for hydroxylation is 1. The van der Waals surface area contributed by atoms with E-state index in [0.717, 1.165) is 18.2 Å². The number of para-hydroxylation sites is 1. The zero-order chi connectivity index (χ0) is 25.3. The Morgan fingerprint density at radius 2 is 1.89 bits per heavy atom. The Labute approximate surface area is 200 Å². The van der Waals surface area contributed by atoms with Crippen LogP contribution in [-0.2, 0) is 0 Å². The van der Waals surface area contributed by atoms with E-state index < -0.39 is 29.2 Å². The molecule has 4 aromatic rings. The Bertz CT molecular complexity index is 1490. The van der Waals surface area contributed by atoms with Gasteiger partial charge in [-0.1, -0.05) is 24.0 Å². The lowest BCUT2D eigenvalue weighted by Crippen LogP contribution is -2.31. The fourth-order valence-electron chi connectivity index (χ4n) is 3.68. The highest BCUT2D eigenvalue weighted by Gasteiger charge is 2.27. The first-order valence-corrected chi connectivity index (χ1v) is 10.8. The third-order valence-corrected chi connectivity index (χ3v) is 5.23. The number of amides is 1. The quantitative estimate of drug-likeness (QED) is 0.327. The molecule has 0 spiro atoms. The molecule has 0 aliphatic rings. The Kier molecular flexibility index (Phi) is 6.29. The van der Waals surface area contributed by atoms with E-state index in [1.54, 1.807) is 37.3 Å². The standard InChI is InChI=1S/C27H23F2N3O3/c1-15-12-16(10-11-27(2,3)35)13-21(30-15)26(34)32-24(19-14-17(28)8-9-22(19)33)25-23(29)18-6-4-5-7-20(18)31-25/h4-9,12-14,24,31,33,35H,1-3H3,(H,32,34)/t24-/m0/s1. The van der Waals surface area contributed by atoms with Crippen LogP contribution in [0.3, 0.4) is 0 Å². The van der Waals surface area contributed by atoms with Gasteiger partial charge < -0.3 is 20.5 Å². The maximum absolute atomic E-state index is 15.4. The van der Waals surface area contributed by atoms with Crippen molar-refractivity contribution >= 4 is 16.8 Å². The molecule has 4 rings (SSSR count). The highest BCUT2D eigenvalue weighted by molar-refractivity contribution is 5.93. The minimum atomic E-state index is -1.25. The molecular weight excluding hydrogens is 452 g/mol. The highest BCUT2D eigenvalue weighted by atomic mass is 19.1. The van der Waals surface area contributed by atoms with Crippen molar-refractivity contribution in [2.75, 3.05) is 0 Å². The van der Waals surface area contributed by atoms with Crippen LogP contribution in [0.5, 0.6) is 5.75 Å². The maximum Gasteiger partial charge on any atom is 0.270 e. The van der Waals surface area contributed by atoms with Crippen LogP contribution in [0, 0.1) is 30.4 Å². The number of pyridine rings is 1. The van der Waals surface area contributed by atoms with E-state index >= 15 is 4.39 Å². The minimum absolute atomic E-state index is 0.0116. The SMILES string of the molecule is Cc1cc(C#CC(C)(C)O)cc(C(=O)N[C@@H](c2cc(F)ccc2O)c2[nH]c3ccccc3c2F)n1. The van der Waals surface area contributed by atoms with Gasteiger partial charge in [0.05, 0.1) is 5.69 Å². The number of rotatable bonds is 4. The number of aromatic amines is 1. The van der Waals surface area contributed by atoms with E-state index in [9.17, 15) is 19.4 Å². The molecule has 35 heavy (non-hydrogen) atoms. The van der Waals surface area contributed by atoms with Crippen LogP contribution in [0.2, 0.25) is 0 Å². The van der Waals surface area contributed by atoms with Crippen LogP contribution in [0.4, 0.5) is 8.78 Å². The number of carbonyl (C=O) groups is 1. The average Bonchev–Trinajstić information content (AvgIpc) is 3.13. The fraction of sp³-hybridized carbons (Fsp3) is 0.185. The number of halogens is 2. The summed E-state index contributed by atoms with van der Waals surface area (Å²) in [5, 5.41) is 23.3. The second kappa shape index (κ2) is 9.20. The lowest BCUT2D eigenvalue weighted by Gasteiger charge is -2.20. The molecule has 4 N–H and O–H groups in total. The molecule has 2 aromatic heterocycles. The number of nitrogens with zero attached hydrogens (tertiary/aromatic N) is 1. The molecule has 0 aliphatic heterocycles. The number of aromatic hydroxyl groups is 1. The third-order valence-electron chi connectivity index (χ3n) is 5.23. The number of aliphatic hydroxyl groups is 1. The smallest absolute Gasteiger partial charge is 0.270 e. The molecule has 2 aromatic carbocycles. The number of hydrogen-bond acceptors (Lipinski definition) is 4. The number of phenols is 1. The lowest BCUT2D eigenvalue weighted by molar-refractivity contribution is 0.0936. The number of phenolic OH excluding ortho intramolecular Hbond substituents is 1. The Morgan fingerprint density at radius 3 is 2.60 bits per heavy atom. The van der Waals surface area contributed by atoms with Crippen LogP contribution < -0.4 is 5.32 Å². The van der Waals surface area contributed by atoms with Crippen molar-refractivity contribution in [1.29, 1.82) is 0 Å². The largest absolute Gasteiger partial charge is 0.508 e. The van der Waals surface area contributed by atoms with Crippen LogP contribution in [0.25, 0.3) is 10.9 Å². The number of carbonyl (C=O) groups excluding carboxylic acids is 1. The first kappa shape index (κ1) is 23.9. The zero-order valence-corrected chi connectivity index (χ0v) is 19.3. The molecule has 0 saturated carbocycles. The summed E-state index contributed by atoms with van der Waals surface area (Å²) in [6, 6.07) is 11.7. The minimum Gasteiger partial charge on any atom is -0.508 e. The molecule has 8 heteroatoms. The van der Waals surface area contributed by atoms with Crippen LogP contribution in [0.15, 0.2) is 54.6 Å². The average molecular weight is 475 g/mol. The summed E-state index contributed by atoms with van der Waals surface area (Å²) in [7, 11) is 0. The first-order chi connectivity index (χ1) is 16.5. The van der Waals surface area contributed by atoms with Crippen molar-refractivity contribution in [3.63, 3.8) is 0 Å². The molecule has 1 amide bonds. The molecule has 0 saturated heterocycles. The molecule has 0 radical (unpaired) electrons. The fourth-order valence-corrected chi connectivity index (χ4v) is 3.68. The van der Waals surface area contributed by atoms with Gasteiger partial charge in [0.1, 0.15) is 28.9 Å². The summed E-state index contributed by atoms with van der Waals surface area (Å²) in [6.07, 6.45) is 0. The number of fused-ring (bicyclic) bond motifs is 1. The predicted octanol–water partition coefficient (Wildman–Crippen LogP) is 4.50. The van der Waals surface area contributed by atoms with Gasteiger partial charge in [-0.05, 0) is 63.2 Å². The van der Waals surface area contributed by atoms with Crippen LogP contribution >= 0.6 is 0 Å². The van der Waals surface area contributed by atoms with Crippen molar-refractivity contribution in [2.45, 2.75) is 32.4 Å². The Morgan fingerprint density at radius 1 is 1.14 bits per heavy atom. The molecule has 6 nitrogen and oxygen atoms in total. The van der Waals surface area contributed by atoms with Gasteiger partial charge in [-0.15, -0.1) is 0 Å². The first-order valence-electron chi connectivity index (χ1n) is 10.8. The summed E-state index contributed by atoms with van der Waals surface area (Å²) in [5.74, 6) is 3.18. The summed E-state index contributed by atoms with van der Waals surface area (Å²) in [4.78, 5) is 20.4. The van der Waals surface area contributed by atoms with Gasteiger partial charge in [-0.2, -0.15) is 0 Å². The normalized spacial score (nSPS) is 12.2. The third kappa shape index (κ3) is 5.31. The molecular formula is C27H23F2N3O3. The zero-order valence-electron chi connectivity index (χ0n) is 19.3. The van der Waals surface area contributed by atoms with Gasteiger partial charge in [0.15, 0.2) is 5.82 Å². The van der Waals surface area contributed by atoms with Crippen molar-refractivity contribution in [3.8, 4) is 17.6 Å². The van der Waals surface area contributed by atoms with E-state index in [1.807, 2.05) is 0 Å². The summed E-state index contributed by atoms with van der Waals surface area (Å²) in [5.41, 5.74) is 0.114. The van der Waals surface area contributed by atoms with Crippen molar-refractivity contribution in [1.82, 2.24) is 15.3 Å². The monoisotopic (exact) mass is 475 g/mol. The predicted molar refractivity (Wildman–Crippen MR) is 128 cm³/mol. The van der Waals surface area contributed by atoms with Gasteiger partial charge in [-0.3, -0.25) is 4.79 Å². The molecule has 0 unspecified atom stereocenters. The number of aromatic nitrogens is 2. The summed E-state index contributed by atoms with van der Waals surface area (Å²) >= 11 is 0. The van der Waals surface area contributed by atoms with Gasteiger partial charge in [0, 0.05) is 27.7 Å². The number of hydrogen-bond donors (Lipinski definition) is 4. The molecule has 1 atom stereocenters. The molecule has 0 fully saturated rings. The lowest BCUT2D eigenvalue weighted by atomic mass is 10.0. The van der Waals surface area contributed by atoms with E-state index in [2.05, 4.69) is 27.1 Å². The van der Waals surface area contributed by atoms with Gasteiger partial charge in [0.2, 0.25) is 0 Å². The summed E-state index contributed by atoms with van der Waals surface area (Å²) in [6.45, 7) is 4.75. The van der Waals surface area contributed by atoms with E-state index in [-0.39, 0.29) is 28.1 Å². The van der Waals surface area contributed by atoms with Crippen LogP contribution in [0.1, 0.15) is 52.9 Å². The molecule has 2 heterocycles. The van der Waals surface area contributed by atoms with Gasteiger partial charge in [0.25, 0.3) is 5.91 Å². The van der Waals surface area contributed by atoms with E-state index in [0.29, 0.717) is 16.8 Å². The molecule has 178 valence electrons.